The van der Waals surface area contributed by atoms with Gasteiger partial charge in [-0.1, -0.05) is 30.3 Å². The number of para-hydroxylation sites is 2. The molecule has 0 saturated heterocycles. The van der Waals surface area contributed by atoms with Crippen LogP contribution in [0.25, 0.3) is 0 Å². The molecular weight excluding hydrogens is 456 g/mol. The summed E-state index contributed by atoms with van der Waals surface area (Å²) in [5.41, 5.74) is 3.84. The maximum absolute atomic E-state index is 14.0. The van der Waals surface area contributed by atoms with Gasteiger partial charge >= 0.3 is 0 Å². The topological polar surface area (TPSA) is 77.1 Å². The van der Waals surface area contributed by atoms with E-state index in [9.17, 15) is 9.59 Å². The van der Waals surface area contributed by atoms with Crippen LogP contribution in [0.1, 0.15) is 52.9 Å². The first kappa shape index (κ1) is 23.7. The number of benzene rings is 3. The van der Waals surface area contributed by atoms with Gasteiger partial charge in [-0.05, 0) is 67.3 Å². The summed E-state index contributed by atoms with van der Waals surface area (Å²) in [7, 11) is 1.57. The summed E-state index contributed by atoms with van der Waals surface area (Å²) in [6.07, 6.45) is 0.674. The number of carbonyl (C=O) groups excluding carboxylic acids is 2. The standard InChI is InChI=1S/C29H30N2O5/c1-4-35-24-16-18-14-15-31-27(21(18)17-25(24)36-5-2)26(19-10-6-7-11-20(19)29(31)33)28(32)30-22-12-8-9-13-23(22)34-3/h6-13,16-17,26-27H,4-5,14-15H2,1-3H3,(H,30,32)/t26-,27-/m0/s1. The van der Waals surface area contributed by atoms with E-state index in [1.165, 1.54) is 0 Å². The molecule has 0 unspecified atom stereocenters. The summed E-state index contributed by atoms with van der Waals surface area (Å²) in [6, 6.07) is 18.2. The number of fused-ring (bicyclic) bond motifs is 4. The Bertz CT molecular complexity index is 1300. The third-order valence-electron chi connectivity index (χ3n) is 6.83. The summed E-state index contributed by atoms with van der Waals surface area (Å²) in [6.45, 7) is 5.37. The molecule has 5 rings (SSSR count). The number of amides is 2. The number of nitrogens with one attached hydrogen (secondary N) is 1. The monoisotopic (exact) mass is 486 g/mol. The number of methoxy groups -OCH3 is 1. The van der Waals surface area contributed by atoms with Crippen LogP contribution in [-0.4, -0.2) is 43.6 Å². The minimum absolute atomic E-state index is 0.0607. The number of rotatable bonds is 7. The van der Waals surface area contributed by atoms with Crippen molar-refractivity contribution in [3.8, 4) is 17.2 Å². The van der Waals surface area contributed by atoms with Crippen molar-refractivity contribution in [1.82, 2.24) is 4.90 Å². The van der Waals surface area contributed by atoms with E-state index >= 15 is 0 Å². The highest BCUT2D eigenvalue weighted by atomic mass is 16.5. The van der Waals surface area contributed by atoms with E-state index in [1.54, 1.807) is 19.2 Å². The van der Waals surface area contributed by atoms with Crippen LogP contribution in [0.5, 0.6) is 17.2 Å². The fourth-order valence-electron chi connectivity index (χ4n) is 5.31. The van der Waals surface area contributed by atoms with Gasteiger partial charge in [-0.3, -0.25) is 9.59 Å². The Balaban J connectivity index is 1.64. The number of hydrogen-bond donors (Lipinski definition) is 1. The molecule has 0 bridgehead atoms. The van der Waals surface area contributed by atoms with Crippen LogP contribution in [0.4, 0.5) is 5.69 Å². The van der Waals surface area contributed by atoms with Crippen LogP contribution >= 0.6 is 0 Å². The molecule has 2 aliphatic rings. The van der Waals surface area contributed by atoms with Crippen LogP contribution in [0, 0.1) is 0 Å². The second kappa shape index (κ2) is 9.93. The molecule has 2 amide bonds. The lowest BCUT2D eigenvalue weighted by atomic mass is 9.75. The fraction of sp³-hybridized carbons (Fsp3) is 0.310. The van der Waals surface area contributed by atoms with Crippen molar-refractivity contribution >= 4 is 17.5 Å². The summed E-state index contributed by atoms with van der Waals surface area (Å²) < 4.78 is 17.2. The molecule has 0 saturated carbocycles. The molecule has 7 heteroatoms. The predicted octanol–water partition coefficient (Wildman–Crippen LogP) is 4.97. The van der Waals surface area contributed by atoms with Gasteiger partial charge in [-0.15, -0.1) is 0 Å². The van der Waals surface area contributed by atoms with Crippen molar-refractivity contribution < 1.29 is 23.8 Å². The average molecular weight is 487 g/mol. The molecular formula is C29H30N2O5. The molecule has 0 aliphatic carbocycles. The molecule has 0 aromatic heterocycles. The zero-order chi connectivity index (χ0) is 25.2. The quantitative estimate of drug-likeness (QED) is 0.510. The van der Waals surface area contributed by atoms with Crippen LogP contribution < -0.4 is 19.5 Å². The number of anilines is 1. The highest BCUT2D eigenvalue weighted by molar-refractivity contribution is 6.05. The van der Waals surface area contributed by atoms with Gasteiger partial charge in [0.25, 0.3) is 5.91 Å². The minimum atomic E-state index is -0.615. The third-order valence-corrected chi connectivity index (χ3v) is 6.83. The Hall–Kier alpha value is -4.00. The lowest BCUT2D eigenvalue weighted by molar-refractivity contribution is -0.119. The molecule has 0 radical (unpaired) electrons. The lowest BCUT2D eigenvalue weighted by Gasteiger charge is -2.45. The number of ether oxygens (including phenoxy) is 3. The maximum Gasteiger partial charge on any atom is 0.254 e. The molecule has 0 fully saturated rings. The van der Waals surface area contributed by atoms with E-state index in [-0.39, 0.29) is 11.8 Å². The second-order valence-corrected chi connectivity index (χ2v) is 8.81. The SMILES string of the molecule is CCOc1cc2c(cc1OCC)[C@H]1[C@@H](C(=O)Nc3ccccc3OC)c3ccccc3C(=O)N1CC2. The fourth-order valence-corrected chi connectivity index (χ4v) is 5.31. The van der Waals surface area contributed by atoms with Gasteiger partial charge in [0.05, 0.1) is 38.0 Å². The van der Waals surface area contributed by atoms with Crippen LogP contribution in [-0.2, 0) is 11.2 Å². The molecule has 2 heterocycles. The number of hydrogen-bond acceptors (Lipinski definition) is 5. The summed E-state index contributed by atoms with van der Waals surface area (Å²) in [5.74, 6) is 1.00. The Kier molecular flexibility index (Phi) is 6.55. The van der Waals surface area contributed by atoms with E-state index in [0.29, 0.717) is 54.7 Å². The van der Waals surface area contributed by atoms with Crippen molar-refractivity contribution in [1.29, 1.82) is 0 Å². The minimum Gasteiger partial charge on any atom is -0.495 e. The van der Waals surface area contributed by atoms with E-state index in [2.05, 4.69) is 5.32 Å². The van der Waals surface area contributed by atoms with Crippen LogP contribution in [0.15, 0.2) is 60.7 Å². The normalized spacial score (nSPS) is 18.0. The molecule has 1 N–H and O–H groups in total. The van der Waals surface area contributed by atoms with Crippen molar-refractivity contribution in [2.45, 2.75) is 32.2 Å². The Morgan fingerprint density at radius 2 is 1.64 bits per heavy atom. The van der Waals surface area contributed by atoms with Crippen LogP contribution in [0.3, 0.4) is 0 Å². The van der Waals surface area contributed by atoms with Crippen molar-refractivity contribution in [2.24, 2.45) is 0 Å². The molecule has 2 atom stereocenters. The van der Waals surface area contributed by atoms with Gasteiger partial charge < -0.3 is 24.4 Å². The highest BCUT2D eigenvalue weighted by Gasteiger charge is 2.46. The van der Waals surface area contributed by atoms with E-state index < -0.39 is 12.0 Å². The van der Waals surface area contributed by atoms with Gasteiger partial charge in [0.2, 0.25) is 5.91 Å². The molecule has 0 spiro atoms. The summed E-state index contributed by atoms with van der Waals surface area (Å²) >= 11 is 0. The Morgan fingerprint density at radius 3 is 2.39 bits per heavy atom. The maximum atomic E-state index is 14.0. The Labute approximate surface area is 211 Å². The Morgan fingerprint density at radius 1 is 0.944 bits per heavy atom. The van der Waals surface area contributed by atoms with Gasteiger partial charge in [-0.25, -0.2) is 0 Å². The molecule has 2 aliphatic heterocycles. The number of nitrogens with zero attached hydrogens (tertiary/aromatic N) is 1. The lowest BCUT2D eigenvalue weighted by Crippen LogP contribution is -2.49. The summed E-state index contributed by atoms with van der Waals surface area (Å²) in [4.78, 5) is 29.4. The van der Waals surface area contributed by atoms with Crippen LogP contribution in [0.2, 0.25) is 0 Å². The van der Waals surface area contributed by atoms with Gasteiger partial charge in [0, 0.05) is 12.1 Å². The van der Waals surface area contributed by atoms with Crippen molar-refractivity contribution in [3.63, 3.8) is 0 Å². The number of carbonyl (C=O) groups is 2. The molecule has 3 aromatic carbocycles. The van der Waals surface area contributed by atoms with E-state index in [4.69, 9.17) is 14.2 Å². The highest BCUT2D eigenvalue weighted by Crippen LogP contribution is 2.48. The first-order chi connectivity index (χ1) is 17.6. The average Bonchev–Trinajstić information content (AvgIpc) is 2.90. The molecule has 36 heavy (non-hydrogen) atoms. The molecule has 186 valence electrons. The van der Waals surface area contributed by atoms with Gasteiger partial charge in [0.15, 0.2) is 11.5 Å². The third kappa shape index (κ3) is 4.04. The largest absolute Gasteiger partial charge is 0.495 e. The second-order valence-electron chi connectivity index (χ2n) is 8.81. The first-order valence-electron chi connectivity index (χ1n) is 12.3. The first-order valence-corrected chi connectivity index (χ1v) is 12.3. The summed E-state index contributed by atoms with van der Waals surface area (Å²) in [5, 5.41) is 3.06. The van der Waals surface area contributed by atoms with E-state index in [1.807, 2.05) is 67.3 Å². The zero-order valence-corrected chi connectivity index (χ0v) is 20.7. The predicted molar refractivity (Wildman–Crippen MR) is 137 cm³/mol. The van der Waals surface area contributed by atoms with Gasteiger partial charge in [-0.2, -0.15) is 0 Å². The molecule has 7 nitrogen and oxygen atoms in total. The smallest absolute Gasteiger partial charge is 0.254 e. The van der Waals surface area contributed by atoms with Crippen molar-refractivity contribution in [2.75, 3.05) is 32.2 Å². The molecule has 3 aromatic rings. The van der Waals surface area contributed by atoms with Crippen molar-refractivity contribution in [3.05, 3.63) is 82.9 Å². The van der Waals surface area contributed by atoms with E-state index in [0.717, 1.165) is 16.7 Å². The zero-order valence-electron chi connectivity index (χ0n) is 20.7. The van der Waals surface area contributed by atoms with Gasteiger partial charge in [0.1, 0.15) is 5.75 Å².